The van der Waals surface area contributed by atoms with Crippen molar-refractivity contribution in [2.45, 2.75) is 32.9 Å². The van der Waals surface area contributed by atoms with Crippen molar-refractivity contribution in [2.24, 2.45) is 0 Å². The third-order valence-corrected chi connectivity index (χ3v) is 3.11. The zero-order valence-electron chi connectivity index (χ0n) is 13.6. The summed E-state index contributed by atoms with van der Waals surface area (Å²) < 4.78 is 13.1. The fraction of sp³-hybridized carbons (Fsp3) is 0.412. The normalized spacial score (nSPS) is 10.7. The van der Waals surface area contributed by atoms with Gasteiger partial charge in [-0.05, 0) is 26.0 Å². The number of rotatable bonds is 9. The lowest BCUT2D eigenvalue weighted by atomic mass is 10.3. The van der Waals surface area contributed by atoms with Gasteiger partial charge in [-0.3, -0.25) is 4.79 Å². The second-order valence-corrected chi connectivity index (χ2v) is 5.36. The number of aromatic nitrogens is 2. The lowest BCUT2D eigenvalue weighted by Gasteiger charge is -2.13. The van der Waals surface area contributed by atoms with Crippen molar-refractivity contribution in [2.75, 3.05) is 18.5 Å². The van der Waals surface area contributed by atoms with Gasteiger partial charge in [0, 0.05) is 12.4 Å². The second kappa shape index (κ2) is 8.95. The number of carbonyl (C=O) groups is 1. The molecule has 0 fully saturated rings. The van der Waals surface area contributed by atoms with E-state index in [1.807, 2.05) is 48.9 Å². The Morgan fingerprint density at radius 3 is 2.87 bits per heavy atom. The molecule has 0 spiro atoms. The zero-order valence-corrected chi connectivity index (χ0v) is 13.6. The number of nitrogens with zero attached hydrogens (tertiary/aromatic N) is 2. The quantitative estimate of drug-likeness (QED) is 0.772. The predicted molar refractivity (Wildman–Crippen MR) is 88.5 cm³/mol. The largest absolute Gasteiger partial charge is 0.490 e. The first-order chi connectivity index (χ1) is 11.1. The fourth-order valence-corrected chi connectivity index (χ4v) is 1.98. The molecule has 0 bridgehead atoms. The van der Waals surface area contributed by atoms with Crippen LogP contribution in [0.15, 0.2) is 43.0 Å². The van der Waals surface area contributed by atoms with Crippen LogP contribution in [-0.4, -0.2) is 34.8 Å². The van der Waals surface area contributed by atoms with E-state index in [1.54, 1.807) is 12.5 Å². The van der Waals surface area contributed by atoms with Crippen molar-refractivity contribution < 1.29 is 14.3 Å². The van der Waals surface area contributed by atoms with E-state index in [9.17, 15) is 4.79 Å². The lowest BCUT2D eigenvalue weighted by Crippen LogP contribution is -2.16. The minimum absolute atomic E-state index is 0.0868. The number of benzene rings is 1. The summed E-state index contributed by atoms with van der Waals surface area (Å²) >= 11 is 0. The number of hydrogen-bond donors (Lipinski definition) is 1. The third kappa shape index (κ3) is 6.12. The third-order valence-electron chi connectivity index (χ3n) is 3.11. The van der Waals surface area contributed by atoms with Crippen LogP contribution in [0.2, 0.25) is 0 Å². The highest BCUT2D eigenvalue weighted by molar-refractivity contribution is 5.92. The van der Waals surface area contributed by atoms with Gasteiger partial charge in [-0.1, -0.05) is 12.1 Å². The van der Waals surface area contributed by atoms with Crippen LogP contribution in [0.1, 0.15) is 20.3 Å². The first-order valence-electron chi connectivity index (χ1n) is 7.74. The molecule has 124 valence electrons. The van der Waals surface area contributed by atoms with Crippen molar-refractivity contribution in [3.05, 3.63) is 43.0 Å². The Kier molecular flexibility index (Phi) is 6.62. The number of ether oxygens (including phenoxy) is 2. The van der Waals surface area contributed by atoms with Gasteiger partial charge in [-0.2, -0.15) is 0 Å². The van der Waals surface area contributed by atoms with E-state index in [4.69, 9.17) is 9.47 Å². The highest BCUT2D eigenvalue weighted by atomic mass is 16.5. The van der Waals surface area contributed by atoms with Gasteiger partial charge in [-0.15, -0.1) is 0 Å². The summed E-state index contributed by atoms with van der Waals surface area (Å²) in [6.45, 7) is 5.50. The van der Waals surface area contributed by atoms with Crippen molar-refractivity contribution in [1.82, 2.24) is 9.55 Å². The Hall–Kier alpha value is -2.34. The lowest BCUT2D eigenvalue weighted by molar-refractivity contribution is -0.117. The first-order valence-corrected chi connectivity index (χ1v) is 7.74. The number of amides is 1. The highest BCUT2D eigenvalue weighted by Gasteiger charge is 2.08. The Balaban J connectivity index is 1.83. The molecule has 0 saturated carbocycles. The van der Waals surface area contributed by atoms with E-state index in [1.165, 1.54) is 0 Å². The summed E-state index contributed by atoms with van der Waals surface area (Å²) in [5.41, 5.74) is 0.674. The molecule has 0 aliphatic carbocycles. The standard InChI is InChI=1S/C17H23N3O3/c1-14(2)22-11-7-17(21)19-15-5-3-4-6-16(15)23-12-10-20-9-8-18-13-20/h3-6,8-9,13-14H,7,10-12H2,1-2H3,(H,19,21). The molecule has 23 heavy (non-hydrogen) atoms. The minimum Gasteiger partial charge on any atom is -0.490 e. The Morgan fingerprint density at radius 1 is 1.30 bits per heavy atom. The van der Waals surface area contributed by atoms with Crippen LogP contribution in [0.3, 0.4) is 0 Å². The van der Waals surface area contributed by atoms with Gasteiger partial charge in [0.1, 0.15) is 12.4 Å². The summed E-state index contributed by atoms with van der Waals surface area (Å²) in [5, 5.41) is 2.86. The van der Waals surface area contributed by atoms with Crippen molar-refractivity contribution >= 4 is 11.6 Å². The maximum absolute atomic E-state index is 11.9. The Labute approximate surface area is 136 Å². The topological polar surface area (TPSA) is 65.4 Å². The molecule has 2 aromatic rings. The van der Waals surface area contributed by atoms with Crippen LogP contribution in [0, 0.1) is 0 Å². The van der Waals surface area contributed by atoms with Gasteiger partial charge < -0.3 is 19.4 Å². The molecule has 0 aliphatic rings. The molecule has 1 aromatic heterocycles. The van der Waals surface area contributed by atoms with E-state index in [-0.39, 0.29) is 12.0 Å². The first kappa shape index (κ1) is 17.0. The van der Waals surface area contributed by atoms with Crippen LogP contribution < -0.4 is 10.1 Å². The van der Waals surface area contributed by atoms with Crippen molar-refractivity contribution in [1.29, 1.82) is 0 Å². The predicted octanol–water partition coefficient (Wildman–Crippen LogP) is 2.72. The number of hydrogen-bond acceptors (Lipinski definition) is 4. The van der Waals surface area contributed by atoms with Crippen LogP contribution in [0.25, 0.3) is 0 Å². The van der Waals surface area contributed by atoms with E-state index in [0.717, 1.165) is 0 Å². The zero-order chi connectivity index (χ0) is 16.5. The molecular weight excluding hydrogens is 294 g/mol. The smallest absolute Gasteiger partial charge is 0.226 e. The molecular formula is C17H23N3O3. The molecule has 1 amide bonds. The van der Waals surface area contributed by atoms with E-state index < -0.39 is 0 Å². The average Bonchev–Trinajstić information content (AvgIpc) is 3.02. The molecule has 0 unspecified atom stereocenters. The Morgan fingerprint density at radius 2 is 2.13 bits per heavy atom. The summed E-state index contributed by atoms with van der Waals surface area (Å²) in [7, 11) is 0. The van der Waals surface area contributed by atoms with Gasteiger partial charge in [0.15, 0.2) is 0 Å². The molecule has 0 saturated heterocycles. The van der Waals surface area contributed by atoms with Gasteiger partial charge >= 0.3 is 0 Å². The molecule has 0 atom stereocenters. The van der Waals surface area contributed by atoms with E-state index >= 15 is 0 Å². The molecule has 0 aliphatic heterocycles. The van der Waals surface area contributed by atoms with Crippen molar-refractivity contribution in [3.63, 3.8) is 0 Å². The number of nitrogens with one attached hydrogen (secondary N) is 1. The second-order valence-electron chi connectivity index (χ2n) is 5.36. The molecule has 6 heteroatoms. The van der Waals surface area contributed by atoms with Crippen LogP contribution in [-0.2, 0) is 16.1 Å². The monoisotopic (exact) mass is 317 g/mol. The summed E-state index contributed by atoms with van der Waals surface area (Å²) in [4.78, 5) is 15.9. The van der Waals surface area contributed by atoms with Gasteiger partial charge in [0.2, 0.25) is 5.91 Å². The SMILES string of the molecule is CC(C)OCCC(=O)Nc1ccccc1OCCn1ccnc1. The molecule has 1 heterocycles. The summed E-state index contributed by atoms with van der Waals surface area (Å²) in [5.74, 6) is 0.571. The highest BCUT2D eigenvalue weighted by Crippen LogP contribution is 2.23. The van der Waals surface area contributed by atoms with Crippen molar-refractivity contribution in [3.8, 4) is 5.75 Å². The summed E-state index contributed by atoms with van der Waals surface area (Å²) in [6.07, 6.45) is 5.80. The van der Waals surface area contributed by atoms with Gasteiger partial charge in [0.25, 0.3) is 0 Å². The van der Waals surface area contributed by atoms with Gasteiger partial charge in [0.05, 0.1) is 37.7 Å². The molecule has 2 rings (SSSR count). The molecule has 1 aromatic carbocycles. The fourth-order valence-electron chi connectivity index (χ4n) is 1.98. The maximum Gasteiger partial charge on any atom is 0.226 e. The molecule has 1 N–H and O–H groups in total. The number of para-hydroxylation sites is 2. The van der Waals surface area contributed by atoms with Gasteiger partial charge in [-0.25, -0.2) is 4.98 Å². The average molecular weight is 317 g/mol. The molecule has 6 nitrogen and oxygen atoms in total. The Bertz CT molecular complexity index is 597. The number of imidazole rings is 1. The van der Waals surface area contributed by atoms with E-state index in [0.29, 0.717) is 37.6 Å². The van der Waals surface area contributed by atoms with Crippen LogP contribution in [0.4, 0.5) is 5.69 Å². The minimum atomic E-state index is -0.0868. The number of anilines is 1. The summed E-state index contributed by atoms with van der Waals surface area (Å²) in [6, 6.07) is 7.41. The maximum atomic E-state index is 11.9. The van der Waals surface area contributed by atoms with Crippen LogP contribution in [0.5, 0.6) is 5.75 Å². The van der Waals surface area contributed by atoms with E-state index in [2.05, 4.69) is 10.3 Å². The number of carbonyl (C=O) groups excluding carboxylic acids is 1. The molecule has 0 radical (unpaired) electrons. The van der Waals surface area contributed by atoms with Crippen LogP contribution >= 0.6 is 0 Å².